The Kier molecular flexibility index (Phi) is 12.3. The van der Waals surface area contributed by atoms with Crippen LogP contribution in [0.2, 0.25) is 0 Å². The minimum atomic E-state index is -0.863. The van der Waals surface area contributed by atoms with Crippen molar-refractivity contribution >= 4 is 23.6 Å². The van der Waals surface area contributed by atoms with Gasteiger partial charge in [0.15, 0.2) is 0 Å². The SMILES string of the molecule is CN[C@@H](C)C(=O)N[C@H](C(=O)NCC(=O)N1C=CN(CCC2=CCCCC2)C(=O)[C@@H]1COCc1ccccc1)C(C)(C)C. The van der Waals surface area contributed by atoms with Gasteiger partial charge >= 0.3 is 0 Å². The molecular formula is C32H47N5O5. The molecule has 0 bridgehead atoms. The predicted octanol–water partition coefficient (Wildman–Crippen LogP) is 2.86. The van der Waals surface area contributed by atoms with E-state index in [1.54, 1.807) is 31.3 Å². The van der Waals surface area contributed by atoms with Gasteiger partial charge in [0.2, 0.25) is 17.7 Å². The fraction of sp³-hybridized carbons (Fsp3) is 0.562. The molecule has 0 saturated heterocycles. The Hall–Kier alpha value is -3.50. The number of benzene rings is 1. The Labute approximate surface area is 249 Å². The monoisotopic (exact) mass is 581 g/mol. The molecule has 3 rings (SSSR count). The number of amides is 4. The largest absolute Gasteiger partial charge is 0.374 e. The number of rotatable bonds is 13. The lowest BCUT2D eigenvalue weighted by atomic mass is 9.86. The molecule has 10 nitrogen and oxygen atoms in total. The summed E-state index contributed by atoms with van der Waals surface area (Å²) in [5.41, 5.74) is 1.73. The van der Waals surface area contributed by atoms with E-state index in [2.05, 4.69) is 22.0 Å². The Bertz CT molecular complexity index is 1140. The summed E-state index contributed by atoms with van der Waals surface area (Å²) >= 11 is 0. The van der Waals surface area contributed by atoms with E-state index in [-0.39, 0.29) is 25.0 Å². The van der Waals surface area contributed by atoms with Gasteiger partial charge in [0.1, 0.15) is 12.1 Å². The summed E-state index contributed by atoms with van der Waals surface area (Å²) in [6.07, 6.45) is 10.8. The van der Waals surface area contributed by atoms with Gasteiger partial charge in [-0.15, -0.1) is 0 Å². The molecular weight excluding hydrogens is 534 g/mol. The average molecular weight is 582 g/mol. The number of carbonyl (C=O) groups is 4. The Balaban J connectivity index is 1.68. The maximum absolute atomic E-state index is 13.6. The molecule has 1 heterocycles. The van der Waals surface area contributed by atoms with Crippen LogP contribution in [-0.2, 0) is 30.5 Å². The molecule has 1 aromatic carbocycles. The third-order valence-electron chi connectivity index (χ3n) is 7.70. The van der Waals surface area contributed by atoms with Crippen molar-refractivity contribution in [1.82, 2.24) is 25.8 Å². The van der Waals surface area contributed by atoms with Crippen molar-refractivity contribution < 1.29 is 23.9 Å². The zero-order valence-corrected chi connectivity index (χ0v) is 25.7. The van der Waals surface area contributed by atoms with Crippen LogP contribution in [0.15, 0.2) is 54.4 Å². The maximum Gasteiger partial charge on any atom is 0.252 e. The van der Waals surface area contributed by atoms with Crippen molar-refractivity contribution in [3.8, 4) is 0 Å². The normalized spacial score (nSPS) is 18.7. The number of nitrogens with one attached hydrogen (secondary N) is 3. The highest BCUT2D eigenvalue weighted by Gasteiger charge is 2.37. The third-order valence-corrected chi connectivity index (χ3v) is 7.70. The van der Waals surface area contributed by atoms with Crippen molar-refractivity contribution in [3.63, 3.8) is 0 Å². The van der Waals surface area contributed by atoms with E-state index >= 15 is 0 Å². The first-order chi connectivity index (χ1) is 20.0. The fourth-order valence-corrected chi connectivity index (χ4v) is 4.92. The second-order valence-electron chi connectivity index (χ2n) is 12.0. The lowest BCUT2D eigenvalue weighted by Crippen LogP contribution is -2.58. The number of hydrogen-bond donors (Lipinski definition) is 3. The molecule has 0 spiro atoms. The van der Waals surface area contributed by atoms with Crippen molar-refractivity contribution in [2.24, 2.45) is 5.41 Å². The van der Waals surface area contributed by atoms with Crippen LogP contribution in [0.4, 0.5) is 0 Å². The van der Waals surface area contributed by atoms with Crippen LogP contribution in [0, 0.1) is 5.41 Å². The molecule has 4 amide bonds. The van der Waals surface area contributed by atoms with E-state index in [4.69, 9.17) is 4.74 Å². The van der Waals surface area contributed by atoms with Gasteiger partial charge in [-0.2, -0.15) is 0 Å². The van der Waals surface area contributed by atoms with Crippen molar-refractivity contribution in [2.75, 3.05) is 26.7 Å². The van der Waals surface area contributed by atoms with Crippen LogP contribution in [0.3, 0.4) is 0 Å². The van der Waals surface area contributed by atoms with E-state index in [0.717, 1.165) is 24.8 Å². The summed E-state index contributed by atoms with van der Waals surface area (Å²) in [6, 6.07) is 7.42. The molecule has 0 saturated carbocycles. The van der Waals surface area contributed by atoms with E-state index in [1.807, 2.05) is 51.1 Å². The highest BCUT2D eigenvalue weighted by molar-refractivity contribution is 5.94. The van der Waals surface area contributed by atoms with E-state index in [0.29, 0.717) is 13.2 Å². The van der Waals surface area contributed by atoms with Crippen LogP contribution < -0.4 is 16.0 Å². The number of likely N-dealkylation sites (N-methyl/N-ethyl adjacent to an activating group) is 1. The van der Waals surface area contributed by atoms with Crippen LogP contribution in [-0.4, -0.2) is 78.3 Å². The molecule has 0 unspecified atom stereocenters. The Morgan fingerprint density at radius 3 is 2.45 bits per heavy atom. The fourth-order valence-electron chi connectivity index (χ4n) is 4.92. The maximum atomic E-state index is 13.6. The topological polar surface area (TPSA) is 120 Å². The van der Waals surface area contributed by atoms with Crippen molar-refractivity contribution in [3.05, 3.63) is 59.9 Å². The van der Waals surface area contributed by atoms with E-state index in [9.17, 15) is 19.2 Å². The Morgan fingerprint density at radius 1 is 1.07 bits per heavy atom. The van der Waals surface area contributed by atoms with Gasteiger partial charge < -0.3 is 30.5 Å². The molecule has 10 heteroatoms. The van der Waals surface area contributed by atoms with Crippen LogP contribution >= 0.6 is 0 Å². The van der Waals surface area contributed by atoms with E-state index in [1.165, 1.54) is 23.3 Å². The second-order valence-corrected chi connectivity index (χ2v) is 12.0. The van der Waals surface area contributed by atoms with Gasteiger partial charge in [-0.3, -0.25) is 19.2 Å². The first-order valence-corrected chi connectivity index (χ1v) is 14.9. The Morgan fingerprint density at radius 2 is 1.81 bits per heavy atom. The number of ether oxygens (including phenoxy) is 1. The summed E-state index contributed by atoms with van der Waals surface area (Å²) in [4.78, 5) is 55.6. The lowest BCUT2D eigenvalue weighted by molar-refractivity contribution is -0.146. The van der Waals surface area contributed by atoms with Crippen LogP contribution in [0.1, 0.15) is 65.4 Å². The number of allylic oxidation sites excluding steroid dienone is 1. The molecule has 2 aliphatic rings. The molecule has 3 atom stereocenters. The average Bonchev–Trinajstić information content (AvgIpc) is 2.98. The summed E-state index contributed by atoms with van der Waals surface area (Å²) in [5.74, 6) is -1.46. The zero-order chi connectivity index (χ0) is 30.7. The molecule has 1 aliphatic heterocycles. The number of nitrogens with zero attached hydrogens (tertiary/aromatic N) is 2. The smallest absolute Gasteiger partial charge is 0.252 e. The van der Waals surface area contributed by atoms with Crippen LogP contribution in [0.25, 0.3) is 0 Å². The lowest BCUT2D eigenvalue weighted by Gasteiger charge is -2.36. The molecule has 0 radical (unpaired) electrons. The molecule has 230 valence electrons. The summed E-state index contributed by atoms with van der Waals surface area (Å²) in [6.45, 7) is 7.74. The molecule has 1 aliphatic carbocycles. The molecule has 42 heavy (non-hydrogen) atoms. The number of carbonyl (C=O) groups excluding carboxylic acids is 4. The first kappa shape index (κ1) is 33.0. The third kappa shape index (κ3) is 9.52. The molecule has 0 fully saturated rings. The van der Waals surface area contributed by atoms with Crippen molar-refractivity contribution in [1.29, 1.82) is 0 Å². The highest BCUT2D eigenvalue weighted by Crippen LogP contribution is 2.23. The quantitative estimate of drug-likeness (QED) is 0.308. The van der Waals surface area contributed by atoms with Crippen molar-refractivity contribution in [2.45, 2.75) is 84.5 Å². The summed E-state index contributed by atoms with van der Waals surface area (Å²) < 4.78 is 5.91. The second kappa shape index (κ2) is 15.7. The molecule has 3 N–H and O–H groups in total. The minimum Gasteiger partial charge on any atom is -0.374 e. The van der Waals surface area contributed by atoms with Crippen LogP contribution in [0.5, 0.6) is 0 Å². The molecule has 1 aromatic rings. The van der Waals surface area contributed by atoms with Gasteiger partial charge in [-0.1, -0.05) is 62.8 Å². The number of hydrogen-bond acceptors (Lipinski definition) is 6. The summed E-state index contributed by atoms with van der Waals surface area (Å²) in [5, 5.41) is 8.31. The standard InChI is InChI=1S/C32H47N5O5/c1-23(33-5)29(39)35-28(32(2,3)4)30(40)34-20-27(38)37-19-18-36(17-16-24-12-8-6-9-13-24)31(41)26(37)22-42-21-25-14-10-7-11-15-25/h7,10-12,14-15,18-19,23,26,28,33H,6,8-9,13,16-17,20-22H2,1-5H3,(H,34,40)(H,35,39)/t23-,26-,28+/m0/s1. The predicted molar refractivity (Wildman–Crippen MR) is 162 cm³/mol. The van der Waals surface area contributed by atoms with Gasteiger partial charge in [0, 0.05) is 18.9 Å². The minimum absolute atomic E-state index is 0.0134. The first-order valence-electron chi connectivity index (χ1n) is 14.9. The molecule has 0 aromatic heterocycles. The van der Waals surface area contributed by atoms with E-state index < -0.39 is 35.4 Å². The van der Waals surface area contributed by atoms with Gasteiger partial charge in [0.25, 0.3) is 5.91 Å². The van der Waals surface area contributed by atoms with Gasteiger partial charge in [0.05, 0.1) is 25.8 Å². The zero-order valence-electron chi connectivity index (χ0n) is 25.7. The summed E-state index contributed by atoms with van der Waals surface area (Å²) in [7, 11) is 1.66. The highest BCUT2D eigenvalue weighted by atomic mass is 16.5. The van der Waals surface area contributed by atoms with Gasteiger partial charge in [-0.25, -0.2) is 0 Å². The van der Waals surface area contributed by atoms with Gasteiger partial charge in [-0.05, 0) is 57.1 Å².